The zero-order valence-corrected chi connectivity index (χ0v) is 11.1. The average Bonchev–Trinajstić information content (AvgIpc) is 2.36. The Labute approximate surface area is 105 Å². The lowest BCUT2D eigenvalue weighted by atomic mass is 9.76. The van der Waals surface area contributed by atoms with Crippen molar-refractivity contribution < 1.29 is 5.11 Å². The van der Waals surface area contributed by atoms with Crippen molar-refractivity contribution in [3.8, 4) is 0 Å². The zero-order chi connectivity index (χ0) is 12.3. The molecule has 1 atom stereocenters. The molecule has 1 aliphatic carbocycles. The molecule has 1 aliphatic rings. The molecule has 94 valence electrons. The highest BCUT2D eigenvalue weighted by molar-refractivity contribution is 5.34. The molecule has 1 fully saturated rings. The standard InChI is InChI=1S/C16H24O/c1-12-8-9-13(2)15(10-12)16(11-17)14-6-4-3-5-7-14/h8-10,14,16-17H,3-7,11H2,1-2H3. The maximum Gasteiger partial charge on any atom is 0.0502 e. The van der Waals surface area contributed by atoms with Gasteiger partial charge in [0.15, 0.2) is 0 Å². The molecular weight excluding hydrogens is 208 g/mol. The van der Waals surface area contributed by atoms with E-state index in [2.05, 4.69) is 32.0 Å². The summed E-state index contributed by atoms with van der Waals surface area (Å²) in [5.41, 5.74) is 4.01. The second kappa shape index (κ2) is 5.68. The Bertz CT molecular complexity index is 364. The summed E-state index contributed by atoms with van der Waals surface area (Å²) in [5.74, 6) is 1.05. The van der Waals surface area contributed by atoms with Gasteiger partial charge in [-0.25, -0.2) is 0 Å². The number of hydrogen-bond donors (Lipinski definition) is 1. The molecule has 1 aromatic carbocycles. The maximum atomic E-state index is 9.75. The Kier molecular flexibility index (Phi) is 4.22. The summed E-state index contributed by atoms with van der Waals surface area (Å²) in [6, 6.07) is 6.62. The summed E-state index contributed by atoms with van der Waals surface area (Å²) < 4.78 is 0. The van der Waals surface area contributed by atoms with Crippen molar-refractivity contribution >= 4 is 0 Å². The van der Waals surface area contributed by atoms with Crippen LogP contribution in [0.5, 0.6) is 0 Å². The minimum absolute atomic E-state index is 0.301. The van der Waals surface area contributed by atoms with Crippen LogP contribution >= 0.6 is 0 Å². The van der Waals surface area contributed by atoms with E-state index in [-0.39, 0.29) is 0 Å². The average molecular weight is 232 g/mol. The van der Waals surface area contributed by atoms with Gasteiger partial charge in [0, 0.05) is 5.92 Å². The van der Waals surface area contributed by atoms with Gasteiger partial charge in [0.05, 0.1) is 6.61 Å². The van der Waals surface area contributed by atoms with Crippen LogP contribution in [0.3, 0.4) is 0 Å². The summed E-state index contributed by atoms with van der Waals surface area (Å²) in [5, 5.41) is 9.75. The Hall–Kier alpha value is -0.820. The zero-order valence-electron chi connectivity index (χ0n) is 11.1. The second-order valence-electron chi connectivity index (χ2n) is 5.55. The van der Waals surface area contributed by atoms with E-state index in [4.69, 9.17) is 0 Å². The molecule has 1 saturated carbocycles. The van der Waals surface area contributed by atoms with Crippen molar-refractivity contribution in [3.63, 3.8) is 0 Å². The number of benzene rings is 1. The quantitative estimate of drug-likeness (QED) is 0.836. The van der Waals surface area contributed by atoms with Gasteiger partial charge < -0.3 is 5.11 Å². The first-order chi connectivity index (χ1) is 8.22. The van der Waals surface area contributed by atoms with E-state index in [1.165, 1.54) is 48.8 Å². The first-order valence-corrected chi connectivity index (χ1v) is 6.90. The second-order valence-corrected chi connectivity index (χ2v) is 5.55. The first kappa shape index (κ1) is 12.6. The van der Waals surface area contributed by atoms with Crippen molar-refractivity contribution in [2.45, 2.75) is 51.9 Å². The predicted molar refractivity (Wildman–Crippen MR) is 72.3 cm³/mol. The lowest BCUT2D eigenvalue weighted by molar-refractivity contribution is 0.196. The molecule has 0 amide bonds. The fourth-order valence-corrected chi connectivity index (χ4v) is 3.20. The molecule has 1 N–H and O–H groups in total. The van der Waals surface area contributed by atoms with Crippen molar-refractivity contribution in [1.29, 1.82) is 0 Å². The molecule has 2 rings (SSSR count). The SMILES string of the molecule is Cc1ccc(C)c(C(CO)C2CCCCC2)c1. The molecule has 0 aliphatic heterocycles. The van der Waals surface area contributed by atoms with Gasteiger partial charge in [0.1, 0.15) is 0 Å². The molecule has 1 aromatic rings. The fraction of sp³-hybridized carbons (Fsp3) is 0.625. The van der Waals surface area contributed by atoms with Crippen LogP contribution in [0.25, 0.3) is 0 Å². The van der Waals surface area contributed by atoms with Gasteiger partial charge in [-0.15, -0.1) is 0 Å². The van der Waals surface area contributed by atoms with Gasteiger partial charge in [0.25, 0.3) is 0 Å². The Morgan fingerprint density at radius 1 is 1.18 bits per heavy atom. The van der Waals surface area contributed by atoms with E-state index < -0.39 is 0 Å². The van der Waals surface area contributed by atoms with E-state index >= 15 is 0 Å². The number of hydrogen-bond acceptors (Lipinski definition) is 1. The number of aliphatic hydroxyl groups is 1. The molecule has 0 heterocycles. The highest BCUT2D eigenvalue weighted by atomic mass is 16.3. The predicted octanol–water partition coefficient (Wildman–Crippen LogP) is 3.96. The van der Waals surface area contributed by atoms with Crippen LogP contribution in [0.1, 0.15) is 54.7 Å². The molecule has 0 bridgehead atoms. The summed E-state index contributed by atoms with van der Waals surface area (Å²) in [7, 11) is 0. The summed E-state index contributed by atoms with van der Waals surface area (Å²) in [4.78, 5) is 0. The molecule has 0 spiro atoms. The Balaban J connectivity index is 2.24. The molecule has 17 heavy (non-hydrogen) atoms. The minimum atomic E-state index is 0.301. The lowest BCUT2D eigenvalue weighted by Gasteiger charge is -2.30. The molecule has 1 heteroatoms. The molecular formula is C16H24O. The Morgan fingerprint density at radius 3 is 2.53 bits per heavy atom. The summed E-state index contributed by atoms with van der Waals surface area (Å²) in [6.45, 7) is 4.60. The highest BCUT2D eigenvalue weighted by Crippen LogP contribution is 2.37. The van der Waals surface area contributed by atoms with Gasteiger partial charge in [-0.2, -0.15) is 0 Å². The van der Waals surface area contributed by atoms with Crippen LogP contribution in [0.4, 0.5) is 0 Å². The van der Waals surface area contributed by atoms with Gasteiger partial charge in [-0.1, -0.05) is 43.0 Å². The summed E-state index contributed by atoms with van der Waals surface area (Å²) >= 11 is 0. The van der Waals surface area contributed by atoms with Gasteiger partial charge in [0.2, 0.25) is 0 Å². The maximum absolute atomic E-state index is 9.75. The van der Waals surface area contributed by atoms with Crippen molar-refractivity contribution in [3.05, 3.63) is 34.9 Å². The van der Waals surface area contributed by atoms with E-state index in [1.54, 1.807) is 0 Å². The molecule has 0 radical (unpaired) electrons. The normalized spacial score (nSPS) is 19.2. The third-order valence-electron chi connectivity index (χ3n) is 4.25. The fourth-order valence-electron chi connectivity index (χ4n) is 3.20. The monoisotopic (exact) mass is 232 g/mol. The van der Waals surface area contributed by atoms with Crippen LogP contribution in [-0.4, -0.2) is 11.7 Å². The smallest absolute Gasteiger partial charge is 0.0502 e. The third kappa shape index (κ3) is 2.90. The highest BCUT2D eigenvalue weighted by Gasteiger charge is 2.25. The van der Waals surface area contributed by atoms with Crippen molar-refractivity contribution in [1.82, 2.24) is 0 Å². The van der Waals surface area contributed by atoms with Crippen LogP contribution in [0.2, 0.25) is 0 Å². The van der Waals surface area contributed by atoms with Crippen LogP contribution in [-0.2, 0) is 0 Å². The van der Waals surface area contributed by atoms with Crippen LogP contribution < -0.4 is 0 Å². The van der Waals surface area contributed by atoms with Crippen molar-refractivity contribution in [2.75, 3.05) is 6.61 Å². The largest absolute Gasteiger partial charge is 0.396 e. The third-order valence-corrected chi connectivity index (χ3v) is 4.25. The lowest BCUT2D eigenvalue weighted by Crippen LogP contribution is -2.20. The van der Waals surface area contributed by atoms with E-state index in [1.807, 2.05) is 0 Å². The Morgan fingerprint density at radius 2 is 1.88 bits per heavy atom. The number of aliphatic hydroxyl groups excluding tert-OH is 1. The summed E-state index contributed by atoms with van der Waals surface area (Å²) in [6.07, 6.45) is 6.64. The topological polar surface area (TPSA) is 20.2 Å². The number of rotatable bonds is 3. The molecule has 1 unspecified atom stereocenters. The van der Waals surface area contributed by atoms with E-state index in [0.29, 0.717) is 18.4 Å². The van der Waals surface area contributed by atoms with Crippen LogP contribution in [0.15, 0.2) is 18.2 Å². The van der Waals surface area contributed by atoms with Crippen LogP contribution in [0, 0.1) is 19.8 Å². The molecule has 0 saturated heterocycles. The van der Waals surface area contributed by atoms with E-state index in [9.17, 15) is 5.11 Å². The van der Waals surface area contributed by atoms with Crippen molar-refractivity contribution in [2.24, 2.45) is 5.92 Å². The minimum Gasteiger partial charge on any atom is -0.396 e. The van der Waals surface area contributed by atoms with Gasteiger partial charge >= 0.3 is 0 Å². The van der Waals surface area contributed by atoms with E-state index in [0.717, 1.165) is 0 Å². The van der Waals surface area contributed by atoms with Gasteiger partial charge in [-0.3, -0.25) is 0 Å². The molecule has 0 aromatic heterocycles. The first-order valence-electron chi connectivity index (χ1n) is 6.90. The number of aryl methyl sites for hydroxylation is 2. The van der Waals surface area contributed by atoms with Gasteiger partial charge in [-0.05, 0) is 43.7 Å². The molecule has 1 nitrogen and oxygen atoms in total.